The van der Waals surface area contributed by atoms with Crippen LogP contribution in [0.3, 0.4) is 0 Å². The molecule has 0 bridgehead atoms. The lowest BCUT2D eigenvalue weighted by atomic mass is 10.1. The van der Waals surface area contributed by atoms with Crippen molar-refractivity contribution in [3.05, 3.63) is 53.1 Å². The van der Waals surface area contributed by atoms with Crippen LogP contribution in [0.1, 0.15) is 21.5 Å². The van der Waals surface area contributed by atoms with E-state index in [9.17, 15) is 28.3 Å². The number of hydrogen-bond donors (Lipinski definition) is 4. The second-order valence-electron chi connectivity index (χ2n) is 7.84. The zero-order chi connectivity index (χ0) is 26.0. The molecular weight excluding hydrogens is 518 g/mol. The Morgan fingerprint density at radius 3 is 2.76 bits per heavy atom. The van der Waals surface area contributed by atoms with E-state index in [1.807, 2.05) is 0 Å². The summed E-state index contributed by atoms with van der Waals surface area (Å²) in [4.78, 5) is 39.0. The van der Waals surface area contributed by atoms with Crippen LogP contribution >= 0.6 is 12.4 Å². The van der Waals surface area contributed by atoms with Gasteiger partial charge >= 0.3 is 12.6 Å². The molecule has 0 aliphatic carbocycles. The molecule has 4 N–H and O–H groups in total. The van der Waals surface area contributed by atoms with E-state index in [2.05, 4.69) is 20.1 Å². The number of amides is 2. The highest BCUT2D eigenvalue weighted by Crippen LogP contribution is 2.35. The van der Waals surface area contributed by atoms with Crippen molar-refractivity contribution in [2.75, 3.05) is 30.5 Å². The number of rotatable bonds is 7. The number of alkyl halides is 2. The third kappa shape index (κ3) is 5.63. The van der Waals surface area contributed by atoms with E-state index in [0.29, 0.717) is 17.8 Å². The smallest absolute Gasteiger partial charge is 0.387 e. The lowest BCUT2D eigenvalue weighted by Gasteiger charge is -2.35. The van der Waals surface area contributed by atoms with Gasteiger partial charge in [0, 0.05) is 24.3 Å². The molecule has 2 aliphatic rings. The molecule has 1 saturated heterocycles. The van der Waals surface area contributed by atoms with Crippen LogP contribution in [0.4, 0.5) is 20.2 Å². The quantitative estimate of drug-likeness (QED) is 0.387. The number of aliphatic hydroxyl groups is 1. The number of morpholine rings is 1. The van der Waals surface area contributed by atoms with Gasteiger partial charge in [0.05, 0.1) is 19.4 Å². The highest BCUT2D eigenvalue weighted by Gasteiger charge is 2.41. The summed E-state index contributed by atoms with van der Waals surface area (Å²) in [5.41, 5.74) is 1.31. The predicted molar refractivity (Wildman–Crippen MR) is 129 cm³/mol. The average Bonchev–Trinajstić information content (AvgIpc) is 3.23. The number of esters is 1. The largest absolute Gasteiger partial charge is 0.465 e. The van der Waals surface area contributed by atoms with Crippen molar-refractivity contribution in [1.82, 2.24) is 5.32 Å². The lowest BCUT2D eigenvalue weighted by Crippen LogP contribution is -2.55. The van der Waals surface area contributed by atoms with Gasteiger partial charge in [-0.25, -0.2) is 4.79 Å². The van der Waals surface area contributed by atoms with Gasteiger partial charge in [-0.3, -0.25) is 15.0 Å². The van der Waals surface area contributed by atoms with Crippen molar-refractivity contribution in [1.29, 1.82) is 5.41 Å². The lowest BCUT2D eigenvalue weighted by molar-refractivity contribution is -0.150. The molecule has 0 spiro atoms. The number of halogens is 3. The summed E-state index contributed by atoms with van der Waals surface area (Å²) < 4.78 is 40.7. The number of fused-ring (bicyclic) bond motifs is 1. The summed E-state index contributed by atoms with van der Waals surface area (Å²) >= 11 is 0. The molecule has 198 valence electrons. The molecule has 0 saturated carbocycles. The van der Waals surface area contributed by atoms with Crippen LogP contribution in [0.2, 0.25) is 0 Å². The second-order valence-corrected chi connectivity index (χ2v) is 7.84. The standard InChI is InChI=1S/C23H22F2N4O7.ClH/c1-34-22(33)14-3-2-4-15(17(14)36-23(24)25)29-7-8-35-18(21(29)32)16(30)20(31)28-12-5-6-13-11(9-12)10-27-19(13)26;/h2-6,9,16,18,23,30H,7-8,10H2,1H3,(H2,26,27)(H,28,31);1H/t16-,18-;/m1./s1. The second kappa shape index (κ2) is 11.5. The maximum Gasteiger partial charge on any atom is 0.387 e. The van der Waals surface area contributed by atoms with Crippen LogP contribution < -0.4 is 20.3 Å². The maximum absolute atomic E-state index is 13.2. The molecule has 2 amide bonds. The van der Waals surface area contributed by atoms with Gasteiger partial charge in [0.15, 0.2) is 18.0 Å². The van der Waals surface area contributed by atoms with E-state index in [1.54, 1.807) is 18.2 Å². The molecule has 11 nitrogen and oxygen atoms in total. The highest BCUT2D eigenvalue weighted by molar-refractivity contribution is 6.06. The Morgan fingerprint density at radius 1 is 1.30 bits per heavy atom. The number of benzene rings is 2. The third-order valence-electron chi connectivity index (χ3n) is 5.67. The summed E-state index contributed by atoms with van der Waals surface area (Å²) in [5, 5.41) is 23.8. The Balaban J connectivity index is 0.00000380. The summed E-state index contributed by atoms with van der Waals surface area (Å²) in [6.07, 6.45) is -3.59. The molecule has 2 heterocycles. The first-order chi connectivity index (χ1) is 17.2. The Morgan fingerprint density at radius 2 is 2.05 bits per heavy atom. The fourth-order valence-corrected chi connectivity index (χ4v) is 3.99. The Hall–Kier alpha value is -3.81. The summed E-state index contributed by atoms with van der Waals surface area (Å²) in [7, 11) is 1.06. The fourth-order valence-electron chi connectivity index (χ4n) is 3.99. The predicted octanol–water partition coefficient (Wildman–Crippen LogP) is 1.66. The SMILES string of the molecule is COC(=O)c1cccc(N2CCO[C@H]([C@@H](O)C(=O)Nc3ccc4c(c3)CNC4=N)C2=O)c1OC(F)F.Cl. The van der Waals surface area contributed by atoms with Gasteiger partial charge in [-0.05, 0) is 35.9 Å². The minimum atomic E-state index is -3.30. The zero-order valence-electron chi connectivity index (χ0n) is 19.3. The van der Waals surface area contributed by atoms with Crippen LogP contribution in [-0.2, 0) is 25.6 Å². The number of carbonyl (C=O) groups is 3. The Bertz CT molecular complexity index is 1230. The van der Waals surface area contributed by atoms with Crippen molar-refractivity contribution < 1.29 is 42.5 Å². The van der Waals surface area contributed by atoms with Gasteiger partial charge < -0.3 is 34.9 Å². The topological polar surface area (TPSA) is 150 Å². The first kappa shape index (κ1) is 27.8. The maximum atomic E-state index is 13.2. The fraction of sp³-hybridized carbons (Fsp3) is 0.304. The van der Waals surface area contributed by atoms with Gasteiger partial charge in [0.25, 0.3) is 11.8 Å². The van der Waals surface area contributed by atoms with Crippen molar-refractivity contribution in [2.24, 2.45) is 0 Å². The van der Waals surface area contributed by atoms with Crippen LogP contribution in [0.5, 0.6) is 5.75 Å². The number of amidine groups is 1. The number of methoxy groups -OCH3 is 1. The third-order valence-corrected chi connectivity index (χ3v) is 5.67. The van der Waals surface area contributed by atoms with Gasteiger partial charge in [0.2, 0.25) is 0 Å². The minimum absolute atomic E-state index is 0. The average molecular weight is 541 g/mol. The van der Waals surface area contributed by atoms with Gasteiger partial charge in [-0.15, -0.1) is 12.4 Å². The number of carbonyl (C=O) groups excluding carboxylic acids is 3. The molecule has 0 radical (unpaired) electrons. The summed E-state index contributed by atoms with van der Waals surface area (Å²) in [5.74, 6) is -3.09. The molecule has 1 fully saturated rings. The first-order valence-electron chi connectivity index (χ1n) is 10.7. The number of hydrogen-bond acceptors (Lipinski definition) is 8. The monoisotopic (exact) mass is 540 g/mol. The number of nitrogens with one attached hydrogen (secondary N) is 3. The van der Waals surface area contributed by atoms with Crippen molar-refractivity contribution in [3.63, 3.8) is 0 Å². The summed E-state index contributed by atoms with van der Waals surface area (Å²) in [6, 6.07) is 8.66. The Labute approximate surface area is 215 Å². The molecule has 2 aliphatic heterocycles. The normalized spacial score (nSPS) is 17.4. The van der Waals surface area contributed by atoms with Crippen LogP contribution in [-0.4, -0.2) is 67.8 Å². The first-order valence-corrected chi connectivity index (χ1v) is 10.7. The van der Waals surface area contributed by atoms with E-state index in [1.165, 1.54) is 18.2 Å². The van der Waals surface area contributed by atoms with Crippen LogP contribution in [0, 0.1) is 5.41 Å². The molecule has 2 aromatic rings. The van der Waals surface area contributed by atoms with Crippen LogP contribution in [0.15, 0.2) is 36.4 Å². The van der Waals surface area contributed by atoms with E-state index < -0.39 is 42.4 Å². The molecule has 2 atom stereocenters. The molecule has 37 heavy (non-hydrogen) atoms. The van der Waals surface area contributed by atoms with Crippen molar-refractivity contribution in [3.8, 4) is 5.75 Å². The van der Waals surface area contributed by atoms with Gasteiger partial charge in [-0.2, -0.15) is 8.78 Å². The van der Waals surface area contributed by atoms with Gasteiger partial charge in [0.1, 0.15) is 11.4 Å². The number of anilines is 2. The zero-order valence-corrected chi connectivity index (χ0v) is 20.1. The van der Waals surface area contributed by atoms with E-state index in [0.717, 1.165) is 17.6 Å². The molecule has 14 heteroatoms. The van der Waals surface area contributed by atoms with Gasteiger partial charge in [-0.1, -0.05) is 6.07 Å². The van der Waals surface area contributed by atoms with E-state index in [-0.39, 0.29) is 42.6 Å². The number of aliphatic hydroxyl groups excluding tert-OH is 1. The molecule has 0 unspecified atom stereocenters. The molecule has 4 rings (SSSR count). The van der Waals surface area contributed by atoms with Crippen LogP contribution in [0.25, 0.3) is 0 Å². The molecule has 2 aromatic carbocycles. The number of para-hydroxylation sites is 1. The minimum Gasteiger partial charge on any atom is -0.465 e. The van der Waals surface area contributed by atoms with Crippen molar-refractivity contribution >= 4 is 47.4 Å². The highest BCUT2D eigenvalue weighted by atomic mass is 35.5. The van der Waals surface area contributed by atoms with E-state index in [4.69, 9.17) is 10.1 Å². The van der Waals surface area contributed by atoms with E-state index >= 15 is 0 Å². The molecule has 0 aromatic heterocycles. The Kier molecular flexibility index (Phi) is 8.63. The summed E-state index contributed by atoms with van der Waals surface area (Å²) in [6.45, 7) is -3.14. The number of ether oxygens (including phenoxy) is 3. The van der Waals surface area contributed by atoms with Crippen molar-refractivity contribution in [2.45, 2.75) is 25.4 Å². The number of nitrogens with zero attached hydrogens (tertiary/aromatic N) is 1. The molecular formula is C23H23ClF2N4O7.